The number of amides is 2. The Morgan fingerprint density at radius 1 is 1.47 bits per heavy atom. The van der Waals surface area contributed by atoms with Gasteiger partial charge in [-0.3, -0.25) is 9.59 Å². The Bertz CT molecular complexity index is 427. The maximum atomic E-state index is 12.4. The number of hydrogen-bond donors (Lipinski definition) is 0. The normalized spacial score (nSPS) is 27.0. The molecule has 104 valence electrons. The maximum absolute atomic E-state index is 12.4. The van der Waals surface area contributed by atoms with Crippen molar-refractivity contribution in [1.82, 2.24) is 4.90 Å². The number of carbonyl (C=O) groups excluding carboxylic acids is 3. The minimum atomic E-state index is -0.571. The van der Waals surface area contributed by atoms with Crippen LogP contribution >= 0.6 is 0 Å². The number of nitrogens with zero attached hydrogens (tertiary/aromatic N) is 1. The van der Waals surface area contributed by atoms with Gasteiger partial charge in [0.2, 0.25) is 5.91 Å². The van der Waals surface area contributed by atoms with Crippen molar-refractivity contribution in [1.29, 1.82) is 0 Å². The van der Waals surface area contributed by atoms with E-state index in [1.54, 1.807) is 6.08 Å². The molecule has 2 aliphatic rings. The van der Waals surface area contributed by atoms with Crippen LogP contribution in [0.25, 0.3) is 0 Å². The van der Waals surface area contributed by atoms with Crippen LogP contribution in [0.3, 0.4) is 0 Å². The van der Waals surface area contributed by atoms with E-state index in [0.717, 1.165) is 11.3 Å². The molecule has 2 amide bonds. The SMILES string of the molecule is CC(C)C[C@@H]1CC(=O)C=C[C@H]1C(=O)N1CCOC1=O. The van der Waals surface area contributed by atoms with Crippen molar-refractivity contribution >= 4 is 17.8 Å². The van der Waals surface area contributed by atoms with Gasteiger partial charge in [-0.25, -0.2) is 9.69 Å². The smallest absolute Gasteiger partial charge is 0.416 e. The van der Waals surface area contributed by atoms with E-state index < -0.39 is 6.09 Å². The van der Waals surface area contributed by atoms with Crippen LogP contribution in [0.1, 0.15) is 26.7 Å². The molecule has 2 rings (SSSR count). The highest BCUT2D eigenvalue weighted by atomic mass is 16.6. The highest BCUT2D eigenvalue weighted by Gasteiger charge is 2.38. The Kier molecular flexibility index (Phi) is 4.02. The van der Waals surface area contributed by atoms with E-state index in [4.69, 9.17) is 4.74 Å². The van der Waals surface area contributed by atoms with Crippen molar-refractivity contribution in [3.05, 3.63) is 12.2 Å². The third-order valence-corrected chi connectivity index (χ3v) is 3.55. The number of ketones is 1. The Hall–Kier alpha value is -1.65. The summed E-state index contributed by atoms with van der Waals surface area (Å²) in [5.41, 5.74) is 0. The standard InChI is InChI=1S/C14H19NO4/c1-9(2)7-10-8-11(16)3-4-12(10)13(17)15-5-6-19-14(15)18/h3-4,9-10,12H,5-8H2,1-2H3/t10-,12-/m1/s1. The molecule has 1 aliphatic carbocycles. The average molecular weight is 265 g/mol. The summed E-state index contributed by atoms with van der Waals surface area (Å²) < 4.78 is 4.79. The molecule has 0 N–H and O–H groups in total. The first-order valence-electron chi connectivity index (χ1n) is 6.68. The number of carbonyl (C=O) groups is 3. The molecule has 5 heteroatoms. The van der Waals surface area contributed by atoms with Crippen LogP contribution in [0.15, 0.2) is 12.2 Å². The monoisotopic (exact) mass is 265 g/mol. The predicted molar refractivity (Wildman–Crippen MR) is 68.3 cm³/mol. The second-order valence-electron chi connectivity index (χ2n) is 5.55. The molecule has 0 aromatic carbocycles. The molecule has 0 radical (unpaired) electrons. The van der Waals surface area contributed by atoms with Crippen LogP contribution in [0, 0.1) is 17.8 Å². The minimum absolute atomic E-state index is 0.0154. The van der Waals surface area contributed by atoms with E-state index in [1.165, 1.54) is 6.08 Å². The first-order valence-corrected chi connectivity index (χ1v) is 6.68. The molecule has 0 unspecified atom stereocenters. The number of imide groups is 1. The van der Waals surface area contributed by atoms with E-state index in [1.807, 2.05) is 0 Å². The topological polar surface area (TPSA) is 63.7 Å². The molecule has 1 aliphatic heterocycles. The summed E-state index contributed by atoms with van der Waals surface area (Å²) in [6.07, 6.45) is 3.72. The number of rotatable bonds is 3. The fourth-order valence-corrected chi connectivity index (χ4v) is 2.71. The van der Waals surface area contributed by atoms with Crippen LogP contribution in [0.2, 0.25) is 0 Å². The second-order valence-corrected chi connectivity index (χ2v) is 5.55. The molecule has 2 atom stereocenters. The number of ether oxygens (including phenoxy) is 1. The summed E-state index contributed by atoms with van der Waals surface area (Å²) in [5.74, 6) is -0.176. The summed E-state index contributed by atoms with van der Waals surface area (Å²) in [6.45, 7) is 4.70. The van der Waals surface area contributed by atoms with Gasteiger partial charge in [0.15, 0.2) is 5.78 Å². The zero-order valence-corrected chi connectivity index (χ0v) is 11.3. The Morgan fingerprint density at radius 3 is 2.79 bits per heavy atom. The van der Waals surface area contributed by atoms with Crippen molar-refractivity contribution < 1.29 is 19.1 Å². The molecule has 1 heterocycles. The van der Waals surface area contributed by atoms with Crippen LogP contribution in [0.5, 0.6) is 0 Å². The maximum Gasteiger partial charge on any atom is 0.416 e. The van der Waals surface area contributed by atoms with Gasteiger partial charge >= 0.3 is 6.09 Å². The summed E-state index contributed by atoms with van der Waals surface area (Å²) in [5, 5.41) is 0. The molecule has 0 saturated carbocycles. The molecular weight excluding hydrogens is 246 g/mol. The molecule has 0 spiro atoms. The van der Waals surface area contributed by atoms with Crippen LogP contribution in [0.4, 0.5) is 4.79 Å². The number of allylic oxidation sites excluding steroid dienone is 1. The zero-order valence-electron chi connectivity index (χ0n) is 11.3. The van der Waals surface area contributed by atoms with Crippen molar-refractivity contribution in [3.63, 3.8) is 0 Å². The van der Waals surface area contributed by atoms with Gasteiger partial charge in [0, 0.05) is 6.42 Å². The van der Waals surface area contributed by atoms with Crippen LogP contribution in [-0.2, 0) is 14.3 Å². The van der Waals surface area contributed by atoms with Crippen LogP contribution < -0.4 is 0 Å². The van der Waals surface area contributed by atoms with Gasteiger partial charge in [0.25, 0.3) is 0 Å². The van der Waals surface area contributed by atoms with Crippen LogP contribution in [-0.4, -0.2) is 35.8 Å². The third kappa shape index (κ3) is 3.03. The van der Waals surface area contributed by atoms with Gasteiger partial charge in [-0.2, -0.15) is 0 Å². The lowest BCUT2D eigenvalue weighted by molar-refractivity contribution is -0.132. The molecule has 1 fully saturated rings. The third-order valence-electron chi connectivity index (χ3n) is 3.55. The molecule has 5 nitrogen and oxygen atoms in total. The fraction of sp³-hybridized carbons (Fsp3) is 0.643. The highest BCUT2D eigenvalue weighted by molar-refractivity contribution is 5.98. The molecule has 0 aromatic rings. The Morgan fingerprint density at radius 2 is 2.21 bits per heavy atom. The quantitative estimate of drug-likeness (QED) is 0.780. The Balaban J connectivity index is 2.14. The molecular formula is C14H19NO4. The fourth-order valence-electron chi connectivity index (χ4n) is 2.71. The second kappa shape index (κ2) is 5.55. The van der Waals surface area contributed by atoms with Crippen molar-refractivity contribution in [3.8, 4) is 0 Å². The summed E-state index contributed by atoms with van der Waals surface area (Å²) >= 11 is 0. The Labute approximate surface area is 112 Å². The van der Waals surface area contributed by atoms with E-state index in [-0.39, 0.29) is 30.1 Å². The van der Waals surface area contributed by atoms with Gasteiger partial charge in [-0.05, 0) is 24.3 Å². The summed E-state index contributed by atoms with van der Waals surface area (Å²) in [7, 11) is 0. The summed E-state index contributed by atoms with van der Waals surface area (Å²) in [6, 6.07) is 0. The number of cyclic esters (lactones) is 1. The lowest BCUT2D eigenvalue weighted by Gasteiger charge is -2.29. The van der Waals surface area contributed by atoms with Crippen molar-refractivity contribution in [2.24, 2.45) is 17.8 Å². The predicted octanol–water partition coefficient (Wildman–Crippen LogP) is 1.77. The van der Waals surface area contributed by atoms with E-state index in [0.29, 0.717) is 18.9 Å². The van der Waals surface area contributed by atoms with E-state index in [2.05, 4.69) is 13.8 Å². The number of hydrogen-bond acceptors (Lipinski definition) is 4. The lowest BCUT2D eigenvalue weighted by atomic mass is 9.78. The van der Waals surface area contributed by atoms with Gasteiger partial charge in [-0.1, -0.05) is 19.9 Å². The lowest BCUT2D eigenvalue weighted by Crippen LogP contribution is -2.40. The molecule has 19 heavy (non-hydrogen) atoms. The first-order chi connectivity index (χ1) is 8.99. The molecule has 0 aromatic heterocycles. The van der Waals surface area contributed by atoms with Crippen molar-refractivity contribution in [2.75, 3.05) is 13.2 Å². The average Bonchev–Trinajstić information content (AvgIpc) is 2.74. The minimum Gasteiger partial charge on any atom is -0.447 e. The van der Waals surface area contributed by atoms with Gasteiger partial charge < -0.3 is 4.74 Å². The van der Waals surface area contributed by atoms with Gasteiger partial charge in [0.1, 0.15) is 6.61 Å². The van der Waals surface area contributed by atoms with E-state index in [9.17, 15) is 14.4 Å². The van der Waals surface area contributed by atoms with Gasteiger partial charge in [0.05, 0.1) is 12.5 Å². The summed E-state index contributed by atoms with van der Waals surface area (Å²) in [4.78, 5) is 36.5. The molecule has 1 saturated heterocycles. The highest BCUT2D eigenvalue weighted by Crippen LogP contribution is 2.31. The molecule has 0 bridgehead atoms. The largest absolute Gasteiger partial charge is 0.447 e. The first kappa shape index (κ1) is 13.8. The van der Waals surface area contributed by atoms with E-state index >= 15 is 0 Å². The van der Waals surface area contributed by atoms with Crippen molar-refractivity contribution in [2.45, 2.75) is 26.7 Å². The van der Waals surface area contributed by atoms with Gasteiger partial charge in [-0.15, -0.1) is 0 Å². The zero-order chi connectivity index (χ0) is 14.0.